The second-order valence-corrected chi connectivity index (χ2v) is 7.38. The minimum atomic E-state index is -0.0399. The number of carbonyl (C=O) groups is 1. The van der Waals surface area contributed by atoms with Gasteiger partial charge >= 0.3 is 0 Å². The van der Waals surface area contributed by atoms with Gasteiger partial charge < -0.3 is 10.2 Å². The van der Waals surface area contributed by atoms with Crippen LogP contribution in [0.15, 0.2) is 37.1 Å². The SMILES string of the molecule is C=CCn1cc(-c2cc(C)c3ccc(NC(=O)CN(C)C)c(C)c3n2)c(C)n1. The van der Waals surface area contributed by atoms with Crippen LogP contribution in [0.5, 0.6) is 0 Å². The summed E-state index contributed by atoms with van der Waals surface area (Å²) >= 11 is 0. The van der Waals surface area contributed by atoms with E-state index < -0.39 is 0 Å². The number of aryl methyl sites for hydroxylation is 3. The van der Waals surface area contributed by atoms with E-state index in [0.29, 0.717) is 13.1 Å². The largest absolute Gasteiger partial charge is 0.325 e. The molecule has 1 N–H and O–H groups in total. The van der Waals surface area contributed by atoms with E-state index in [1.165, 1.54) is 0 Å². The minimum Gasteiger partial charge on any atom is -0.325 e. The molecule has 146 valence electrons. The number of anilines is 1. The molecule has 3 aromatic rings. The highest BCUT2D eigenvalue weighted by atomic mass is 16.2. The van der Waals surface area contributed by atoms with Gasteiger partial charge in [-0.05, 0) is 58.1 Å². The molecule has 1 amide bonds. The summed E-state index contributed by atoms with van der Waals surface area (Å²) in [7, 11) is 3.75. The first-order chi connectivity index (χ1) is 13.3. The van der Waals surface area contributed by atoms with E-state index in [2.05, 4.69) is 30.0 Å². The number of fused-ring (bicyclic) bond motifs is 1. The van der Waals surface area contributed by atoms with Gasteiger partial charge in [0.15, 0.2) is 0 Å². The summed E-state index contributed by atoms with van der Waals surface area (Å²) in [6.45, 7) is 10.8. The lowest BCUT2D eigenvalue weighted by Crippen LogP contribution is -2.27. The fourth-order valence-corrected chi connectivity index (χ4v) is 3.34. The Kier molecular flexibility index (Phi) is 5.61. The van der Waals surface area contributed by atoms with Gasteiger partial charge in [-0.1, -0.05) is 12.1 Å². The number of rotatable bonds is 6. The minimum absolute atomic E-state index is 0.0399. The van der Waals surface area contributed by atoms with Gasteiger partial charge in [-0.3, -0.25) is 9.48 Å². The summed E-state index contributed by atoms with van der Waals surface area (Å²) in [5.74, 6) is -0.0399. The molecule has 0 aliphatic carbocycles. The highest BCUT2D eigenvalue weighted by molar-refractivity contribution is 5.98. The molecule has 0 aliphatic rings. The lowest BCUT2D eigenvalue weighted by Gasteiger charge is -2.14. The third-order valence-electron chi connectivity index (χ3n) is 4.71. The lowest BCUT2D eigenvalue weighted by atomic mass is 10.0. The van der Waals surface area contributed by atoms with Gasteiger partial charge in [-0.25, -0.2) is 4.98 Å². The zero-order valence-corrected chi connectivity index (χ0v) is 17.2. The van der Waals surface area contributed by atoms with E-state index in [4.69, 9.17) is 4.98 Å². The van der Waals surface area contributed by atoms with Gasteiger partial charge in [0.05, 0.1) is 30.0 Å². The first-order valence-corrected chi connectivity index (χ1v) is 9.31. The normalized spacial score (nSPS) is 11.2. The molecule has 3 rings (SSSR count). The molecule has 0 saturated heterocycles. The van der Waals surface area contributed by atoms with E-state index >= 15 is 0 Å². The van der Waals surface area contributed by atoms with Crippen LogP contribution in [0.2, 0.25) is 0 Å². The quantitative estimate of drug-likeness (QED) is 0.665. The number of likely N-dealkylation sites (N-methyl/N-ethyl adjacent to an activating group) is 1. The van der Waals surface area contributed by atoms with Crippen molar-refractivity contribution in [3.05, 3.63) is 53.9 Å². The molecule has 6 nitrogen and oxygen atoms in total. The summed E-state index contributed by atoms with van der Waals surface area (Å²) in [5.41, 5.74) is 6.62. The number of benzene rings is 1. The molecule has 28 heavy (non-hydrogen) atoms. The van der Waals surface area contributed by atoms with E-state index in [0.717, 1.165) is 44.7 Å². The van der Waals surface area contributed by atoms with Crippen molar-refractivity contribution in [1.82, 2.24) is 19.7 Å². The second kappa shape index (κ2) is 7.94. The standard InChI is InChI=1S/C22H27N5O/c1-7-10-27-12-18(16(4)25-27)20-11-14(2)17-8-9-19(15(3)22(17)24-20)23-21(28)13-26(5)6/h7-9,11-12H,1,10,13H2,2-6H3,(H,23,28). The van der Waals surface area contributed by atoms with Crippen LogP contribution in [0.3, 0.4) is 0 Å². The first kappa shape index (κ1) is 19.8. The number of allylic oxidation sites excluding steroid dienone is 1. The van der Waals surface area contributed by atoms with Crippen LogP contribution < -0.4 is 5.32 Å². The molecule has 2 aromatic heterocycles. The highest BCUT2D eigenvalue weighted by Crippen LogP contribution is 2.30. The van der Waals surface area contributed by atoms with Crippen LogP contribution in [0.4, 0.5) is 5.69 Å². The van der Waals surface area contributed by atoms with Gasteiger partial charge in [0.1, 0.15) is 0 Å². The Morgan fingerprint density at radius 3 is 2.71 bits per heavy atom. The molecule has 6 heteroatoms. The molecule has 0 atom stereocenters. The van der Waals surface area contributed by atoms with E-state index in [1.807, 2.05) is 61.9 Å². The molecule has 0 fully saturated rings. The number of amides is 1. The molecule has 0 spiro atoms. The van der Waals surface area contributed by atoms with Crippen molar-refractivity contribution in [3.63, 3.8) is 0 Å². The smallest absolute Gasteiger partial charge is 0.238 e. The van der Waals surface area contributed by atoms with Crippen molar-refractivity contribution in [2.75, 3.05) is 26.0 Å². The van der Waals surface area contributed by atoms with Crippen molar-refractivity contribution >= 4 is 22.5 Å². The zero-order valence-electron chi connectivity index (χ0n) is 17.2. The monoisotopic (exact) mass is 377 g/mol. The van der Waals surface area contributed by atoms with Gasteiger partial charge in [-0.2, -0.15) is 5.10 Å². The highest BCUT2D eigenvalue weighted by Gasteiger charge is 2.14. The summed E-state index contributed by atoms with van der Waals surface area (Å²) < 4.78 is 1.86. The van der Waals surface area contributed by atoms with Gasteiger partial charge in [0.25, 0.3) is 0 Å². The zero-order chi connectivity index (χ0) is 20.4. The predicted molar refractivity (Wildman–Crippen MR) is 115 cm³/mol. The van der Waals surface area contributed by atoms with Crippen molar-refractivity contribution in [2.24, 2.45) is 0 Å². The van der Waals surface area contributed by atoms with Crippen molar-refractivity contribution in [1.29, 1.82) is 0 Å². The molecule has 0 radical (unpaired) electrons. The van der Waals surface area contributed by atoms with Gasteiger partial charge in [-0.15, -0.1) is 6.58 Å². The Bertz CT molecular complexity index is 1050. The summed E-state index contributed by atoms with van der Waals surface area (Å²) in [6.07, 6.45) is 3.82. The van der Waals surface area contributed by atoms with Crippen LogP contribution >= 0.6 is 0 Å². The maximum Gasteiger partial charge on any atom is 0.238 e. The Morgan fingerprint density at radius 2 is 2.04 bits per heavy atom. The number of nitrogens with one attached hydrogen (secondary N) is 1. The number of hydrogen-bond donors (Lipinski definition) is 1. The average molecular weight is 377 g/mol. The number of nitrogens with zero attached hydrogens (tertiary/aromatic N) is 4. The summed E-state index contributed by atoms with van der Waals surface area (Å²) in [6, 6.07) is 6.06. The first-order valence-electron chi connectivity index (χ1n) is 9.31. The number of carbonyl (C=O) groups excluding carboxylic acids is 1. The Morgan fingerprint density at radius 1 is 1.29 bits per heavy atom. The van der Waals surface area contributed by atoms with E-state index in [-0.39, 0.29) is 5.91 Å². The summed E-state index contributed by atoms with van der Waals surface area (Å²) in [4.78, 5) is 19.0. The number of pyridine rings is 1. The molecule has 0 aliphatic heterocycles. The topological polar surface area (TPSA) is 63.1 Å². The fourth-order valence-electron chi connectivity index (χ4n) is 3.34. The van der Waals surface area contributed by atoms with Crippen molar-refractivity contribution < 1.29 is 4.79 Å². The number of hydrogen-bond acceptors (Lipinski definition) is 4. The Balaban J connectivity index is 2.06. The number of aromatic nitrogens is 3. The molecule has 2 heterocycles. The predicted octanol–water partition coefficient (Wildman–Crippen LogP) is 3.71. The van der Waals surface area contributed by atoms with Crippen LogP contribution in [0, 0.1) is 20.8 Å². The van der Waals surface area contributed by atoms with E-state index in [9.17, 15) is 4.79 Å². The summed E-state index contributed by atoms with van der Waals surface area (Å²) in [5, 5.41) is 8.62. The third-order valence-corrected chi connectivity index (χ3v) is 4.71. The van der Waals surface area contributed by atoms with Crippen LogP contribution in [0.1, 0.15) is 16.8 Å². The Hall–Kier alpha value is -2.99. The molecular weight excluding hydrogens is 350 g/mol. The second-order valence-electron chi connectivity index (χ2n) is 7.38. The fraction of sp³-hybridized carbons (Fsp3) is 0.318. The van der Waals surface area contributed by atoms with Crippen molar-refractivity contribution in [2.45, 2.75) is 27.3 Å². The van der Waals surface area contributed by atoms with Crippen LogP contribution in [-0.2, 0) is 11.3 Å². The average Bonchev–Trinajstić information content (AvgIpc) is 2.97. The molecule has 0 bridgehead atoms. The van der Waals surface area contributed by atoms with Gasteiger partial charge in [0, 0.05) is 22.8 Å². The molecule has 1 aromatic carbocycles. The third kappa shape index (κ3) is 3.97. The molecular formula is C22H27N5O. The van der Waals surface area contributed by atoms with Gasteiger partial charge in [0.2, 0.25) is 5.91 Å². The Labute approximate surface area is 165 Å². The lowest BCUT2D eigenvalue weighted by molar-refractivity contribution is -0.116. The maximum atomic E-state index is 12.2. The van der Waals surface area contributed by atoms with Crippen molar-refractivity contribution in [3.8, 4) is 11.3 Å². The van der Waals surface area contributed by atoms with Crippen LogP contribution in [-0.4, -0.2) is 46.2 Å². The van der Waals surface area contributed by atoms with Crippen LogP contribution in [0.25, 0.3) is 22.2 Å². The molecule has 0 unspecified atom stereocenters. The molecule has 0 saturated carbocycles. The maximum absolute atomic E-state index is 12.2. The van der Waals surface area contributed by atoms with E-state index in [1.54, 1.807) is 0 Å².